The first-order chi connectivity index (χ1) is 8.58. The standard InChI is InChI=1S/C18H21/c1-13(2)16-10-17(14(3)4)12-18(11-16)15-8-6-5-7-9-15/h5-9,11-14H,1-4H3. The highest BCUT2D eigenvalue weighted by atomic mass is 14.1. The van der Waals surface area contributed by atoms with Gasteiger partial charge in [0.05, 0.1) is 0 Å². The van der Waals surface area contributed by atoms with E-state index >= 15 is 0 Å². The van der Waals surface area contributed by atoms with Crippen LogP contribution in [0.15, 0.2) is 42.5 Å². The lowest BCUT2D eigenvalue weighted by Crippen LogP contribution is -1.95. The van der Waals surface area contributed by atoms with E-state index in [1.54, 1.807) is 0 Å². The van der Waals surface area contributed by atoms with Crippen LogP contribution in [0.5, 0.6) is 0 Å². The van der Waals surface area contributed by atoms with Gasteiger partial charge in [-0.2, -0.15) is 0 Å². The summed E-state index contributed by atoms with van der Waals surface area (Å²) in [6.07, 6.45) is 0. The highest BCUT2D eigenvalue weighted by molar-refractivity contribution is 5.65. The second-order valence-electron chi connectivity index (χ2n) is 5.46. The average Bonchev–Trinajstić information content (AvgIpc) is 2.39. The van der Waals surface area contributed by atoms with E-state index in [1.807, 2.05) is 0 Å². The Labute approximate surface area is 111 Å². The van der Waals surface area contributed by atoms with E-state index in [2.05, 4.69) is 76.2 Å². The van der Waals surface area contributed by atoms with Crippen molar-refractivity contribution in [2.75, 3.05) is 0 Å². The fourth-order valence-electron chi connectivity index (χ4n) is 2.03. The molecule has 0 spiro atoms. The van der Waals surface area contributed by atoms with Gasteiger partial charge >= 0.3 is 0 Å². The molecule has 0 saturated carbocycles. The minimum absolute atomic E-state index is 0.520. The van der Waals surface area contributed by atoms with Gasteiger partial charge in [-0.3, -0.25) is 0 Å². The Kier molecular flexibility index (Phi) is 3.86. The van der Waals surface area contributed by atoms with E-state index in [0.717, 1.165) is 0 Å². The predicted octanol–water partition coefficient (Wildman–Crippen LogP) is 5.40. The van der Waals surface area contributed by atoms with Crippen LogP contribution in [0.3, 0.4) is 0 Å². The minimum atomic E-state index is 0.520. The quantitative estimate of drug-likeness (QED) is 0.670. The third kappa shape index (κ3) is 2.81. The van der Waals surface area contributed by atoms with E-state index in [-0.39, 0.29) is 0 Å². The molecule has 0 bridgehead atoms. The van der Waals surface area contributed by atoms with Crippen LogP contribution >= 0.6 is 0 Å². The zero-order valence-corrected chi connectivity index (χ0v) is 11.7. The van der Waals surface area contributed by atoms with Crippen molar-refractivity contribution in [3.63, 3.8) is 0 Å². The molecule has 0 saturated heterocycles. The Morgan fingerprint density at radius 3 is 1.67 bits per heavy atom. The SMILES string of the molecule is CC(C)c1[c]c(C(C)C)cc(-c2ccccc2)c1. The molecule has 0 aliphatic rings. The third-order valence-corrected chi connectivity index (χ3v) is 3.26. The van der Waals surface area contributed by atoms with Gasteiger partial charge in [0.15, 0.2) is 0 Å². The normalized spacial score (nSPS) is 11.2. The third-order valence-electron chi connectivity index (χ3n) is 3.26. The number of hydrogen-bond donors (Lipinski definition) is 0. The van der Waals surface area contributed by atoms with Crippen molar-refractivity contribution in [1.82, 2.24) is 0 Å². The Hall–Kier alpha value is -1.56. The second-order valence-corrected chi connectivity index (χ2v) is 5.46. The topological polar surface area (TPSA) is 0 Å². The molecule has 0 aliphatic carbocycles. The van der Waals surface area contributed by atoms with Gasteiger partial charge < -0.3 is 0 Å². The van der Waals surface area contributed by atoms with Gasteiger partial charge in [-0.1, -0.05) is 70.2 Å². The van der Waals surface area contributed by atoms with Crippen LogP contribution < -0.4 is 0 Å². The molecule has 18 heavy (non-hydrogen) atoms. The summed E-state index contributed by atoms with van der Waals surface area (Å²) in [7, 11) is 0. The molecule has 0 nitrogen and oxygen atoms in total. The van der Waals surface area contributed by atoms with Gasteiger partial charge in [0.2, 0.25) is 0 Å². The molecule has 93 valence electrons. The summed E-state index contributed by atoms with van der Waals surface area (Å²) in [4.78, 5) is 0. The molecule has 0 aromatic heterocycles. The maximum Gasteiger partial charge on any atom is -0.0108 e. The lowest BCUT2D eigenvalue weighted by Gasteiger charge is -2.14. The molecule has 0 atom stereocenters. The molecule has 0 heterocycles. The Bertz CT molecular complexity index is 481. The second kappa shape index (κ2) is 5.39. The molecule has 2 aromatic carbocycles. The maximum absolute atomic E-state index is 3.55. The minimum Gasteiger partial charge on any atom is -0.0622 e. The summed E-state index contributed by atoms with van der Waals surface area (Å²) < 4.78 is 0. The maximum atomic E-state index is 3.55. The van der Waals surface area contributed by atoms with Crippen molar-refractivity contribution < 1.29 is 0 Å². The van der Waals surface area contributed by atoms with Crippen molar-refractivity contribution in [2.24, 2.45) is 0 Å². The fourth-order valence-corrected chi connectivity index (χ4v) is 2.03. The van der Waals surface area contributed by atoms with Crippen molar-refractivity contribution in [2.45, 2.75) is 39.5 Å². The average molecular weight is 237 g/mol. The van der Waals surface area contributed by atoms with Crippen molar-refractivity contribution >= 4 is 0 Å². The molecule has 0 N–H and O–H groups in total. The fraction of sp³-hybridized carbons (Fsp3) is 0.333. The van der Waals surface area contributed by atoms with Gasteiger partial charge in [0.1, 0.15) is 0 Å². The van der Waals surface area contributed by atoms with Gasteiger partial charge in [-0.15, -0.1) is 0 Å². The molecule has 0 aliphatic heterocycles. The monoisotopic (exact) mass is 237 g/mol. The first-order valence-electron chi connectivity index (χ1n) is 6.70. The number of benzene rings is 2. The predicted molar refractivity (Wildman–Crippen MR) is 78.9 cm³/mol. The summed E-state index contributed by atoms with van der Waals surface area (Å²) in [6.45, 7) is 8.91. The van der Waals surface area contributed by atoms with Crippen molar-refractivity contribution in [1.29, 1.82) is 0 Å². The molecule has 0 amide bonds. The summed E-state index contributed by atoms with van der Waals surface area (Å²) in [5.41, 5.74) is 5.21. The molecule has 0 heteroatoms. The Balaban J connectivity index is 2.54. The van der Waals surface area contributed by atoms with E-state index < -0.39 is 0 Å². The molecule has 1 radical (unpaired) electrons. The largest absolute Gasteiger partial charge is 0.0622 e. The molecular formula is C18H21. The zero-order valence-electron chi connectivity index (χ0n) is 11.7. The first-order valence-corrected chi connectivity index (χ1v) is 6.70. The van der Waals surface area contributed by atoms with Crippen LogP contribution in [0, 0.1) is 6.07 Å². The van der Waals surface area contributed by atoms with E-state index in [0.29, 0.717) is 11.8 Å². The zero-order chi connectivity index (χ0) is 13.1. The van der Waals surface area contributed by atoms with Gasteiger partial charge in [-0.25, -0.2) is 0 Å². The van der Waals surface area contributed by atoms with Crippen LogP contribution in [-0.2, 0) is 0 Å². The van der Waals surface area contributed by atoms with Crippen molar-refractivity contribution in [3.8, 4) is 11.1 Å². The molecule has 0 fully saturated rings. The van der Waals surface area contributed by atoms with Crippen molar-refractivity contribution in [3.05, 3.63) is 59.7 Å². The van der Waals surface area contributed by atoms with Crippen LogP contribution in [-0.4, -0.2) is 0 Å². The number of hydrogen-bond acceptors (Lipinski definition) is 0. The van der Waals surface area contributed by atoms with E-state index in [1.165, 1.54) is 22.3 Å². The summed E-state index contributed by atoms with van der Waals surface area (Å²) >= 11 is 0. The molecule has 2 rings (SSSR count). The van der Waals surface area contributed by atoms with Crippen LogP contribution in [0.25, 0.3) is 11.1 Å². The summed E-state index contributed by atoms with van der Waals surface area (Å²) in [5.74, 6) is 1.04. The molecular weight excluding hydrogens is 216 g/mol. The smallest absolute Gasteiger partial charge is 0.0108 e. The Morgan fingerprint density at radius 2 is 1.22 bits per heavy atom. The van der Waals surface area contributed by atoms with Crippen LogP contribution in [0.1, 0.15) is 50.7 Å². The lowest BCUT2D eigenvalue weighted by atomic mass is 9.91. The van der Waals surface area contributed by atoms with Gasteiger partial charge in [0, 0.05) is 0 Å². The number of rotatable bonds is 3. The van der Waals surface area contributed by atoms with E-state index in [9.17, 15) is 0 Å². The van der Waals surface area contributed by atoms with Crippen LogP contribution in [0.2, 0.25) is 0 Å². The van der Waals surface area contributed by atoms with Gasteiger partial charge in [0.25, 0.3) is 0 Å². The van der Waals surface area contributed by atoms with Gasteiger partial charge in [-0.05, 0) is 40.2 Å². The Morgan fingerprint density at radius 1 is 0.722 bits per heavy atom. The van der Waals surface area contributed by atoms with Crippen LogP contribution in [0.4, 0.5) is 0 Å². The summed E-state index contributed by atoms with van der Waals surface area (Å²) in [5, 5.41) is 0. The first kappa shape index (κ1) is 12.9. The lowest BCUT2D eigenvalue weighted by molar-refractivity contribution is 0.831. The van der Waals surface area contributed by atoms with E-state index in [4.69, 9.17) is 0 Å². The highest BCUT2D eigenvalue weighted by Gasteiger charge is 2.08. The summed E-state index contributed by atoms with van der Waals surface area (Å²) in [6, 6.07) is 18.7. The molecule has 0 unspecified atom stereocenters. The highest BCUT2D eigenvalue weighted by Crippen LogP contribution is 2.28. The molecule has 2 aromatic rings.